The van der Waals surface area contributed by atoms with Crippen LogP contribution < -0.4 is 5.32 Å². The summed E-state index contributed by atoms with van der Waals surface area (Å²) in [6, 6.07) is 0. The molecule has 0 aromatic heterocycles. The second-order valence-corrected chi connectivity index (χ2v) is 14.2. The number of allylic oxidation sites excluding steroid dienone is 2. The number of aliphatic hydroxyl groups excluding tert-OH is 8. The Hall–Kier alpha value is -0.990. The average Bonchev–Trinajstić information content (AvgIpc) is 3.11. The number of carbonyl (C=O) groups excluding carboxylic acids is 2. The number of unbranched alkanes of at least 4 members (excludes halogenated alkanes) is 11. The van der Waals surface area contributed by atoms with Crippen LogP contribution in [0.4, 0.5) is 0 Å². The van der Waals surface area contributed by atoms with Crippen molar-refractivity contribution in [3.05, 3.63) is 12.2 Å². The molecule has 0 aliphatic heterocycles. The summed E-state index contributed by atoms with van der Waals surface area (Å²) in [5, 5.41) is 82.4. The van der Waals surface area contributed by atoms with Crippen LogP contribution in [-0.4, -0.2) is 139 Å². The van der Waals surface area contributed by atoms with Crippen molar-refractivity contribution in [2.75, 3.05) is 33.0 Å². The standard InChI is InChI=1S/C35H66INO13/c1-3-5-6-7-8-9-10-11-12-13-14-15-16-17-18-19-29(42)49-25(24-48-4-2)21-37-35(47)33(46)32(45)34(28(41)23-39)50-30(43)20-27(40)31(44)26(36)22-38/h11-12,25-28,30-34,38-41,43-46H,3-10,13-24H2,1-2H3,(H,37,47)/b12-11+/t25?,26?,27-,28?,30+,31+,32?,33?,34?/m0/s1. The summed E-state index contributed by atoms with van der Waals surface area (Å²) in [5.74, 6) is -1.58. The molecule has 0 radical (unpaired) electrons. The van der Waals surface area contributed by atoms with Crippen molar-refractivity contribution in [2.45, 2.75) is 163 Å². The van der Waals surface area contributed by atoms with E-state index in [1.165, 1.54) is 38.5 Å². The van der Waals surface area contributed by atoms with Crippen LogP contribution in [0.2, 0.25) is 0 Å². The molecular formula is C35H66INO13. The van der Waals surface area contributed by atoms with Crippen LogP contribution in [0.5, 0.6) is 0 Å². The number of esters is 1. The molecule has 15 heteroatoms. The van der Waals surface area contributed by atoms with Gasteiger partial charge in [-0.3, -0.25) is 9.59 Å². The first-order valence-corrected chi connectivity index (χ1v) is 19.5. The van der Waals surface area contributed by atoms with Crippen LogP contribution in [0.25, 0.3) is 0 Å². The fourth-order valence-electron chi connectivity index (χ4n) is 5.06. The summed E-state index contributed by atoms with van der Waals surface area (Å²) in [4.78, 5) is 25.2. The lowest BCUT2D eigenvalue weighted by Gasteiger charge is -2.32. The van der Waals surface area contributed by atoms with E-state index in [0.29, 0.717) is 13.0 Å². The lowest BCUT2D eigenvalue weighted by atomic mass is 10.0. The molecule has 9 atom stereocenters. The van der Waals surface area contributed by atoms with Gasteiger partial charge in [0.05, 0.1) is 42.5 Å². The first-order valence-electron chi connectivity index (χ1n) is 18.2. The third-order valence-electron chi connectivity index (χ3n) is 8.14. The van der Waals surface area contributed by atoms with E-state index >= 15 is 0 Å². The summed E-state index contributed by atoms with van der Waals surface area (Å²) >= 11 is 1.70. The van der Waals surface area contributed by atoms with Gasteiger partial charge in [0.1, 0.15) is 24.4 Å². The Morgan fingerprint density at radius 3 is 1.90 bits per heavy atom. The number of aliphatic hydroxyl groups is 8. The number of rotatable bonds is 33. The Morgan fingerprint density at radius 2 is 1.34 bits per heavy atom. The van der Waals surface area contributed by atoms with E-state index in [0.717, 1.165) is 38.5 Å². The molecule has 0 aromatic rings. The third-order valence-corrected chi connectivity index (χ3v) is 9.27. The Balaban J connectivity index is 4.66. The van der Waals surface area contributed by atoms with Crippen LogP contribution in [0.3, 0.4) is 0 Å². The van der Waals surface area contributed by atoms with Gasteiger partial charge in [-0.1, -0.05) is 93.0 Å². The lowest BCUT2D eigenvalue weighted by Crippen LogP contribution is -2.54. The predicted molar refractivity (Wildman–Crippen MR) is 196 cm³/mol. The Bertz CT molecular complexity index is 870. The minimum Gasteiger partial charge on any atom is -0.458 e. The molecule has 50 heavy (non-hydrogen) atoms. The highest BCUT2D eigenvalue weighted by Crippen LogP contribution is 2.18. The molecule has 0 rings (SSSR count). The number of hydrogen-bond donors (Lipinski definition) is 9. The lowest BCUT2D eigenvalue weighted by molar-refractivity contribution is -0.222. The molecule has 6 unspecified atom stereocenters. The van der Waals surface area contributed by atoms with Crippen molar-refractivity contribution in [3.63, 3.8) is 0 Å². The number of ether oxygens (including phenoxy) is 3. The van der Waals surface area contributed by atoms with Crippen LogP contribution in [-0.2, 0) is 23.8 Å². The van der Waals surface area contributed by atoms with Gasteiger partial charge in [0.15, 0.2) is 12.4 Å². The Labute approximate surface area is 311 Å². The van der Waals surface area contributed by atoms with Gasteiger partial charge in [-0.25, -0.2) is 0 Å². The zero-order valence-electron chi connectivity index (χ0n) is 30.0. The number of carbonyl (C=O) groups is 2. The van der Waals surface area contributed by atoms with Crippen LogP contribution in [0.15, 0.2) is 12.2 Å². The number of amides is 1. The summed E-state index contributed by atoms with van der Waals surface area (Å²) in [7, 11) is 0. The molecule has 0 aromatic carbocycles. The molecule has 0 bridgehead atoms. The van der Waals surface area contributed by atoms with Crippen LogP contribution in [0.1, 0.15) is 110 Å². The molecule has 9 N–H and O–H groups in total. The number of halogens is 1. The van der Waals surface area contributed by atoms with Gasteiger partial charge in [0.25, 0.3) is 5.91 Å². The van der Waals surface area contributed by atoms with Crippen LogP contribution >= 0.6 is 22.6 Å². The van der Waals surface area contributed by atoms with E-state index in [1.54, 1.807) is 29.5 Å². The second kappa shape index (κ2) is 31.5. The van der Waals surface area contributed by atoms with Crippen molar-refractivity contribution in [1.29, 1.82) is 0 Å². The summed E-state index contributed by atoms with van der Waals surface area (Å²) in [6.07, 6.45) is 4.96. The van der Waals surface area contributed by atoms with Gasteiger partial charge in [-0.2, -0.15) is 0 Å². The maximum atomic E-state index is 12.7. The molecule has 0 heterocycles. The van der Waals surface area contributed by atoms with Crippen molar-refractivity contribution in [1.82, 2.24) is 5.32 Å². The normalized spacial score (nSPS) is 17.4. The van der Waals surface area contributed by atoms with Crippen molar-refractivity contribution in [2.24, 2.45) is 0 Å². The molecule has 0 fully saturated rings. The quantitative estimate of drug-likeness (QED) is 0.0115. The molecule has 0 aliphatic rings. The molecular weight excluding hydrogens is 769 g/mol. The van der Waals surface area contributed by atoms with Gasteiger partial charge < -0.3 is 60.4 Å². The Morgan fingerprint density at radius 1 is 0.760 bits per heavy atom. The van der Waals surface area contributed by atoms with E-state index in [-0.39, 0.29) is 19.6 Å². The largest absolute Gasteiger partial charge is 0.458 e. The molecule has 14 nitrogen and oxygen atoms in total. The second-order valence-electron chi connectivity index (χ2n) is 12.6. The monoisotopic (exact) mass is 835 g/mol. The first-order chi connectivity index (χ1) is 23.9. The van der Waals surface area contributed by atoms with E-state index in [2.05, 4.69) is 24.4 Å². The van der Waals surface area contributed by atoms with Crippen molar-refractivity contribution < 1.29 is 64.7 Å². The van der Waals surface area contributed by atoms with E-state index in [4.69, 9.17) is 19.3 Å². The van der Waals surface area contributed by atoms with Gasteiger partial charge in [-0.15, -0.1) is 0 Å². The zero-order chi connectivity index (χ0) is 37.7. The summed E-state index contributed by atoms with van der Waals surface area (Å²) < 4.78 is 15.2. The topological polar surface area (TPSA) is 236 Å². The van der Waals surface area contributed by atoms with Gasteiger partial charge in [0.2, 0.25) is 0 Å². The van der Waals surface area contributed by atoms with E-state index in [9.17, 15) is 45.3 Å². The molecule has 1 amide bonds. The van der Waals surface area contributed by atoms with E-state index in [1.807, 2.05) is 0 Å². The smallest absolute Gasteiger partial charge is 0.306 e. The van der Waals surface area contributed by atoms with Gasteiger partial charge >= 0.3 is 5.97 Å². The highest BCUT2D eigenvalue weighted by atomic mass is 127. The zero-order valence-corrected chi connectivity index (χ0v) is 32.1. The number of hydrogen-bond acceptors (Lipinski definition) is 13. The molecule has 0 saturated heterocycles. The molecule has 0 spiro atoms. The predicted octanol–water partition coefficient (Wildman–Crippen LogP) is 1.77. The highest BCUT2D eigenvalue weighted by molar-refractivity contribution is 14.1. The fourth-order valence-corrected chi connectivity index (χ4v) is 5.54. The van der Waals surface area contributed by atoms with Crippen molar-refractivity contribution >= 4 is 34.5 Å². The third kappa shape index (κ3) is 23.5. The minimum absolute atomic E-state index is 0.0305. The van der Waals surface area contributed by atoms with Crippen LogP contribution in [0, 0.1) is 0 Å². The number of alkyl halides is 1. The number of nitrogens with one attached hydrogen (secondary N) is 1. The Kier molecular flexibility index (Phi) is 30.9. The van der Waals surface area contributed by atoms with Crippen molar-refractivity contribution in [3.8, 4) is 0 Å². The molecule has 0 saturated carbocycles. The maximum Gasteiger partial charge on any atom is 0.306 e. The SMILES string of the molecule is CCCCCCCC/C=C/CCCCCCCC(=O)OC(CNC(=O)C(O)C(O)C(O[C@@H](O)C[C@H](O)[C@H](O)C(I)CO)C(O)CO)COCC. The summed E-state index contributed by atoms with van der Waals surface area (Å²) in [5.41, 5.74) is 0. The fraction of sp³-hybridized carbons (Fsp3) is 0.886. The minimum atomic E-state index is -2.21. The first kappa shape index (κ1) is 49.0. The van der Waals surface area contributed by atoms with E-state index < -0.39 is 84.5 Å². The average molecular weight is 836 g/mol. The molecule has 0 aliphatic carbocycles. The summed E-state index contributed by atoms with van der Waals surface area (Å²) in [6.45, 7) is 2.58. The van der Waals surface area contributed by atoms with Gasteiger partial charge in [-0.05, 0) is 39.0 Å². The highest BCUT2D eigenvalue weighted by Gasteiger charge is 2.38. The maximum absolute atomic E-state index is 12.7. The molecule has 296 valence electrons. The van der Waals surface area contributed by atoms with Gasteiger partial charge in [0, 0.05) is 19.4 Å².